The van der Waals surface area contributed by atoms with Crippen molar-refractivity contribution < 1.29 is 28.2 Å². The number of benzene rings is 1. The fraction of sp³-hybridized carbons (Fsp3) is 0.462. The lowest BCUT2D eigenvalue weighted by Gasteiger charge is -2.30. The number of carboxylic acids is 1. The summed E-state index contributed by atoms with van der Waals surface area (Å²) in [6, 6.07) is 5.05. The standard InChI is InChI=1S/C13H16F3NO3/c1-2-11(9-3-5-10(18)6-4-9)17(7-12(19)20)8-13(14,15)16/h3-6,11,18H,2,7-8H2,1H3,(H,19,20). The van der Waals surface area contributed by atoms with Gasteiger partial charge in [0, 0.05) is 6.04 Å². The first kappa shape index (κ1) is 16.3. The molecule has 0 aliphatic heterocycles. The van der Waals surface area contributed by atoms with E-state index in [4.69, 9.17) is 5.11 Å². The van der Waals surface area contributed by atoms with Crippen molar-refractivity contribution in [2.24, 2.45) is 0 Å². The third-order valence-electron chi connectivity index (χ3n) is 2.83. The van der Waals surface area contributed by atoms with Gasteiger partial charge in [-0.1, -0.05) is 19.1 Å². The SMILES string of the molecule is CCC(c1ccc(O)cc1)N(CC(=O)O)CC(F)(F)F. The monoisotopic (exact) mass is 291 g/mol. The highest BCUT2D eigenvalue weighted by molar-refractivity contribution is 5.69. The van der Waals surface area contributed by atoms with E-state index in [1.807, 2.05) is 0 Å². The largest absolute Gasteiger partial charge is 0.508 e. The summed E-state index contributed by atoms with van der Waals surface area (Å²) in [6.07, 6.45) is -4.14. The number of aromatic hydroxyl groups is 1. The van der Waals surface area contributed by atoms with Crippen LogP contribution in [0.2, 0.25) is 0 Å². The average molecular weight is 291 g/mol. The Morgan fingerprint density at radius 1 is 1.30 bits per heavy atom. The van der Waals surface area contributed by atoms with Crippen molar-refractivity contribution >= 4 is 5.97 Å². The van der Waals surface area contributed by atoms with Gasteiger partial charge in [0.25, 0.3) is 0 Å². The Morgan fingerprint density at radius 3 is 2.25 bits per heavy atom. The second-order valence-electron chi connectivity index (χ2n) is 4.43. The van der Waals surface area contributed by atoms with Gasteiger partial charge in [-0.2, -0.15) is 13.2 Å². The van der Waals surface area contributed by atoms with Gasteiger partial charge in [-0.25, -0.2) is 0 Å². The van der Waals surface area contributed by atoms with Crippen molar-refractivity contribution in [3.8, 4) is 5.75 Å². The number of carbonyl (C=O) groups is 1. The van der Waals surface area contributed by atoms with Crippen molar-refractivity contribution in [1.29, 1.82) is 0 Å². The Bertz CT molecular complexity index is 445. The van der Waals surface area contributed by atoms with Crippen LogP contribution in [0.4, 0.5) is 13.2 Å². The number of hydrogen-bond acceptors (Lipinski definition) is 3. The van der Waals surface area contributed by atoms with Crippen LogP contribution >= 0.6 is 0 Å². The molecule has 1 aromatic carbocycles. The molecule has 0 saturated carbocycles. The van der Waals surface area contributed by atoms with Gasteiger partial charge in [-0.05, 0) is 24.1 Å². The van der Waals surface area contributed by atoms with E-state index in [1.54, 1.807) is 6.92 Å². The topological polar surface area (TPSA) is 60.8 Å². The normalized spacial score (nSPS) is 13.4. The third kappa shape index (κ3) is 5.08. The average Bonchev–Trinajstić information content (AvgIpc) is 2.29. The predicted octanol–water partition coefficient (Wildman–Crippen LogP) is 2.79. The van der Waals surface area contributed by atoms with Gasteiger partial charge >= 0.3 is 12.1 Å². The Kier molecular flexibility index (Phi) is 5.38. The van der Waals surface area contributed by atoms with Gasteiger partial charge in [0.15, 0.2) is 0 Å². The molecule has 0 radical (unpaired) electrons. The summed E-state index contributed by atoms with van der Waals surface area (Å²) >= 11 is 0. The van der Waals surface area contributed by atoms with Gasteiger partial charge in [-0.15, -0.1) is 0 Å². The first-order valence-electron chi connectivity index (χ1n) is 6.04. The molecule has 2 N–H and O–H groups in total. The molecule has 112 valence electrons. The molecular weight excluding hydrogens is 275 g/mol. The number of halogens is 3. The quantitative estimate of drug-likeness (QED) is 0.846. The number of phenolic OH excluding ortho intramolecular Hbond substituents is 1. The predicted molar refractivity (Wildman–Crippen MR) is 66.4 cm³/mol. The minimum absolute atomic E-state index is 0.00390. The molecule has 0 heterocycles. The van der Waals surface area contributed by atoms with E-state index in [2.05, 4.69) is 0 Å². The van der Waals surface area contributed by atoms with E-state index >= 15 is 0 Å². The lowest BCUT2D eigenvalue weighted by Crippen LogP contribution is -2.40. The van der Waals surface area contributed by atoms with Gasteiger partial charge in [-0.3, -0.25) is 9.69 Å². The lowest BCUT2D eigenvalue weighted by atomic mass is 10.0. The zero-order chi connectivity index (χ0) is 15.3. The molecule has 1 atom stereocenters. The number of hydrogen-bond donors (Lipinski definition) is 2. The van der Waals surface area contributed by atoms with Gasteiger partial charge in [0.1, 0.15) is 5.75 Å². The van der Waals surface area contributed by atoms with Gasteiger partial charge in [0.2, 0.25) is 0 Å². The molecule has 4 nitrogen and oxygen atoms in total. The van der Waals surface area contributed by atoms with Crippen LogP contribution in [0.5, 0.6) is 5.75 Å². The molecule has 0 saturated heterocycles. The molecule has 0 amide bonds. The second-order valence-corrected chi connectivity index (χ2v) is 4.43. The van der Waals surface area contributed by atoms with Crippen molar-refractivity contribution in [1.82, 2.24) is 4.90 Å². The molecule has 0 bridgehead atoms. The summed E-state index contributed by atoms with van der Waals surface area (Å²) in [5.41, 5.74) is 0.538. The second kappa shape index (κ2) is 6.60. The first-order chi connectivity index (χ1) is 9.23. The number of nitrogens with zero attached hydrogens (tertiary/aromatic N) is 1. The summed E-state index contributed by atoms with van der Waals surface area (Å²) < 4.78 is 37.7. The van der Waals surface area contributed by atoms with Crippen LogP contribution in [0.15, 0.2) is 24.3 Å². The highest BCUT2D eigenvalue weighted by Crippen LogP contribution is 2.29. The Hall–Kier alpha value is -1.76. The summed E-state index contributed by atoms with van der Waals surface area (Å²) in [4.78, 5) is 11.6. The number of carboxylic acid groups (broad SMARTS) is 1. The van der Waals surface area contributed by atoms with Crippen LogP contribution in [0.25, 0.3) is 0 Å². The third-order valence-corrected chi connectivity index (χ3v) is 2.83. The summed E-state index contributed by atoms with van der Waals surface area (Å²) in [5.74, 6) is -1.31. The zero-order valence-electron chi connectivity index (χ0n) is 10.9. The van der Waals surface area contributed by atoms with Gasteiger partial charge in [0.05, 0.1) is 13.1 Å². The molecule has 1 unspecified atom stereocenters. The Morgan fingerprint density at radius 2 is 1.85 bits per heavy atom. The molecule has 0 spiro atoms. The van der Waals surface area contributed by atoms with E-state index < -0.39 is 31.3 Å². The fourth-order valence-electron chi connectivity index (χ4n) is 2.08. The van der Waals surface area contributed by atoms with Crippen LogP contribution in [0.3, 0.4) is 0 Å². The van der Waals surface area contributed by atoms with Crippen molar-refractivity contribution in [3.63, 3.8) is 0 Å². The van der Waals surface area contributed by atoms with E-state index in [0.29, 0.717) is 12.0 Å². The summed E-state index contributed by atoms with van der Waals surface area (Å²) in [5, 5.41) is 18.0. The lowest BCUT2D eigenvalue weighted by molar-refractivity contribution is -0.158. The maximum absolute atomic E-state index is 12.6. The fourth-order valence-corrected chi connectivity index (χ4v) is 2.08. The summed E-state index contributed by atoms with van der Waals surface area (Å²) in [6.45, 7) is -0.305. The first-order valence-corrected chi connectivity index (χ1v) is 6.04. The van der Waals surface area contributed by atoms with Crippen LogP contribution in [0, 0.1) is 0 Å². The van der Waals surface area contributed by atoms with E-state index in [9.17, 15) is 23.1 Å². The highest BCUT2D eigenvalue weighted by Gasteiger charge is 2.34. The molecule has 0 fully saturated rings. The van der Waals surface area contributed by atoms with E-state index in [-0.39, 0.29) is 5.75 Å². The smallest absolute Gasteiger partial charge is 0.401 e. The van der Waals surface area contributed by atoms with Crippen molar-refractivity contribution in [3.05, 3.63) is 29.8 Å². The Labute approximate surface area is 114 Å². The van der Waals surface area contributed by atoms with Crippen LogP contribution in [-0.4, -0.2) is 40.3 Å². The number of phenols is 1. The highest BCUT2D eigenvalue weighted by atomic mass is 19.4. The molecule has 0 aromatic heterocycles. The van der Waals surface area contributed by atoms with Crippen LogP contribution in [0.1, 0.15) is 24.9 Å². The zero-order valence-corrected chi connectivity index (χ0v) is 10.9. The minimum Gasteiger partial charge on any atom is -0.508 e. The molecule has 0 aliphatic carbocycles. The number of alkyl halides is 3. The molecule has 0 aliphatic rings. The molecule has 7 heteroatoms. The maximum Gasteiger partial charge on any atom is 0.401 e. The molecular formula is C13H16F3NO3. The molecule has 20 heavy (non-hydrogen) atoms. The van der Waals surface area contributed by atoms with Crippen molar-refractivity contribution in [2.45, 2.75) is 25.6 Å². The van der Waals surface area contributed by atoms with Gasteiger partial charge < -0.3 is 10.2 Å². The maximum atomic E-state index is 12.6. The minimum atomic E-state index is -4.47. The number of aliphatic carboxylic acids is 1. The van der Waals surface area contributed by atoms with Crippen LogP contribution in [-0.2, 0) is 4.79 Å². The van der Waals surface area contributed by atoms with E-state index in [0.717, 1.165) is 4.90 Å². The van der Waals surface area contributed by atoms with E-state index in [1.165, 1.54) is 24.3 Å². The molecule has 1 aromatic rings. The summed E-state index contributed by atoms with van der Waals surface area (Å²) in [7, 11) is 0. The van der Waals surface area contributed by atoms with Crippen molar-refractivity contribution in [2.75, 3.05) is 13.1 Å². The van der Waals surface area contributed by atoms with Crippen LogP contribution < -0.4 is 0 Å². The number of rotatable bonds is 6. The Balaban J connectivity index is 3.00. The molecule has 1 rings (SSSR count).